The molecule has 1 aromatic rings. The molecule has 1 amide bonds. The van der Waals surface area contributed by atoms with Crippen LogP contribution in [-0.4, -0.2) is 52.6 Å². The maximum absolute atomic E-state index is 12.2. The lowest BCUT2D eigenvalue weighted by Gasteiger charge is -2.13. The number of benzene rings is 1. The van der Waals surface area contributed by atoms with E-state index in [1.165, 1.54) is 17.0 Å². The highest BCUT2D eigenvalue weighted by molar-refractivity contribution is 7.89. The van der Waals surface area contributed by atoms with E-state index in [2.05, 4.69) is 4.72 Å². The van der Waals surface area contributed by atoms with Gasteiger partial charge in [0.15, 0.2) is 0 Å². The lowest BCUT2D eigenvalue weighted by Crippen LogP contribution is -2.32. The molecule has 1 aromatic carbocycles. The first-order valence-electron chi connectivity index (χ1n) is 6.83. The summed E-state index contributed by atoms with van der Waals surface area (Å²) in [5.74, 6) is -0.230. The van der Waals surface area contributed by atoms with Gasteiger partial charge in [-0.2, -0.15) is 0 Å². The highest BCUT2D eigenvalue weighted by Crippen LogP contribution is 2.15. The summed E-state index contributed by atoms with van der Waals surface area (Å²) >= 11 is 0. The number of rotatable bonds is 5. The molecule has 1 N–H and O–H groups in total. The number of nitrogens with one attached hydrogen (secondary N) is 1. The second kappa shape index (κ2) is 6.55. The summed E-state index contributed by atoms with van der Waals surface area (Å²) in [5, 5.41) is 0. The predicted octanol–water partition coefficient (Wildman–Crippen LogP) is 0.846. The van der Waals surface area contributed by atoms with E-state index in [1.54, 1.807) is 26.2 Å². The van der Waals surface area contributed by atoms with Crippen molar-refractivity contribution in [2.75, 3.05) is 27.2 Å². The fraction of sp³-hybridized carbons (Fsp3) is 0.500. The number of nitrogens with zero attached hydrogens (tertiary/aromatic N) is 1. The van der Waals surface area contributed by atoms with E-state index in [4.69, 9.17) is 4.74 Å². The van der Waals surface area contributed by atoms with Crippen LogP contribution in [0.4, 0.5) is 0 Å². The molecule has 1 aliphatic rings. The Morgan fingerprint density at radius 2 is 2.19 bits per heavy atom. The Morgan fingerprint density at radius 3 is 2.81 bits per heavy atom. The number of hydrogen-bond acceptors (Lipinski definition) is 4. The minimum absolute atomic E-state index is 0.0636. The van der Waals surface area contributed by atoms with E-state index in [9.17, 15) is 13.2 Å². The third-order valence-electron chi connectivity index (χ3n) is 3.32. The molecule has 1 saturated heterocycles. The Labute approximate surface area is 125 Å². The number of carbonyl (C=O) groups excluding carboxylic acids is 1. The third-order valence-corrected chi connectivity index (χ3v) is 4.74. The molecule has 1 atom stereocenters. The summed E-state index contributed by atoms with van der Waals surface area (Å²) in [4.78, 5) is 13.4. The second-order valence-corrected chi connectivity index (χ2v) is 6.98. The normalized spacial score (nSPS) is 18.7. The van der Waals surface area contributed by atoms with Gasteiger partial charge >= 0.3 is 0 Å². The molecular weight excluding hydrogens is 292 g/mol. The first-order chi connectivity index (χ1) is 9.90. The van der Waals surface area contributed by atoms with Gasteiger partial charge in [-0.05, 0) is 31.0 Å². The van der Waals surface area contributed by atoms with Gasteiger partial charge in [0.05, 0.1) is 11.0 Å². The summed E-state index contributed by atoms with van der Waals surface area (Å²) < 4.78 is 32.4. The molecule has 0 saturated carbocycles. The number of amides is 1. The lowest BCUT2D eigenvalue weighted by atomic mass is 10.2. The Morgan fingerprint density at radius 1 is 1.43 bits per heavy atom. The van der Waals surface area contributed by atoms with Crippen LogP contribution in [0.1, 0.15) is 23.2 Å². The monoisotopic (exact) mass is 312 g/mol. The van der Waals surface area contributed by atoms with Crippen molar-refractivity contribution in [1.82, 2.24) is 9.62 Å². The third kappa shape index (κ3) is 4.03. The van der Waals surface area contributed by atoms with Crippen molar-refractivity contribution in [2.24, 2.45) is 0 Å². The lowest BCUT2D eigenvalue weighted by molar-refractivity contribution is 0.0827. The molecule has 21 heavy (non-hydrogen) atoms. The van der Waals surface area contributed by atoms with Crippen LogP contribution in [-0.2, 0) is 14.8 Å². The second-order valence-electron chi connectivity index (χ2n) is 5.21. The summed E-state index contributed by atoms with van der Waals surface area (Å²) in [5.41, 5.74) is 0.347. The van der Waals surface area contributed by atoms with Gasteiger partial charge in [0.2, 0.25) is 10.0 Å². The first-order valence-corrected chi connectivity index (χ1v) is 8.31. The van der Waals surface area contributed by atoms with Gasteiger partial charge in [0.1, 0.15) is 0 Å². The SMILES string of the molecule is CN(C)C(=O)c1cccc(S(=O)(=O)NC[C@@H]2CCCO2)c1. The molecule has 7 heteroatoms. The van der Waals surface area contributed by atoms with Crippen molar-refractivity contribution in [3.8, 4) is 0 Å². The maximum atomic E-state index is 12.2. The van der Waals surface area contributed by atoms with E-state index >= 15 is 0 Å². The summed E-state index contributed by atoms with van der Waals surface area (Å²) in [6.45, 7) is 0.938. The fourth-order valence-corrected chi connectivity index (χ4v) is 3.26. The summed E-state index contributed by atoms with van der Waals surface area (Å²) in [6, 6.07) is 6.03. The van der Waals surface area contributed by atoms with Crippen molar-refractivity contribution in [1.29, 1.82) is 0 Å². The molecule has 0 unspecified atom stereocenters. The topological polar surface area (TPSA) is 75.7 Å². The molecule has 6 nitrogen and oxygen atoms in total. The van der Waals surface area contributed by atoms with Crippen molar-refractivity contribution in [3.05, 3.63) is 29.8 Å². The molecule has 1 aliphatic heterocycles. The van der Waals surface area contributed by atoms with Crippen molar-refractivity contribution in [3.63, 3.8) is 0 Å². The number of sulfonamides is 1. The number of hydrogen-bond donors (Lipinski definition) is 1. The van der Waals surface area contributed by atoms with Gasteiger partial charge in [-0.15, -0.1) is 0 Å². The van der Waals surface area contributed by atoms with Crippen LogP contribution in [0.2, 0.25) is 0 Å². The standard InChI is InChI=1S/C14H20N2O4S/c1-16(2)14(17)11-5-3-7-13(9-11)21(18,19)15-10-12-6-4-8-20-12/h3,5,7,9,12,15H,4,6,8,10H2,1-2H3/t12-/m0/s1. The highest BCUT2D eigenvalue weighted by Gasteiger charge is 2.21. The van der Waals surface area contributed by atoms with Crippen LogP contribution < -0.4 is 4.72 Å². The van der Waals surface area contributed by atoms with E-state index in [0.717, 1.165) is 12.8 Å². The van der Waals surface area contributed by atoms with E-state index in [0.29, 0.717) is 12.2 Å². The average molecular weight is 312 g/mol. The Hall–Kier alpha value is -1.44. The highest BCUT2D eigenvalue weighted by atomic mass is 32.2. The molecule has 0 bridgehead atoms. The largest absolute Gasteiger partial charge is 0.377 e. The molecule has 1 fully saturated rings. The van der Waals surface area contributed by atoms with E-state index in [-0.39, 0.29) is 23.5 Å². The zero-order chi connectivity index (χ0) is 15.5. The molecule has 1 heterocycles. The van der Waals surface area contributed by atoms with E-state index < -0.39 is 10.0 Å². The van der Waals surface area contributed by atoms with Crippen molar-refractivity contribution >= 4 is 15.9 Å². The average Bonchev–Trinajstić information content (AvgIpc) is 2.98. The number of ether oxygens (including phenoxy) is 1. The zero-order valence-electron chi connectivity index (χ0n) is 12.2. The van der Waals surface area contributed by atoms with Gasteiger partial charge < -0.3 is 9.64 Å². The maximum Gasteiger partial charge on any atom is 0.253 e. The van der Waals surface area contributed by atoms with E-state index in [1.807, 2.05) is 0 Å². The van der Waals surface area contributed by atoms with Crippen molar-refractivity contribution < 1.29 is 17.9 Å². The molecule has 0 spiro atoms. The molecule has 0 aromatic heterocycles. The Bertz CT molecular complexity index is 607. The smallest absolute Gasteiger partial charge is 0.253 e. The fourth-order valence-electron chi connectivity index (χ4n) is 2.15. The first kappa shape index (κ1) is 15.9. The summed E-state index contributed by atoms with van der Waals surface area (Å²) in [6.07, 6.45) is 1.76. The van der Waals surface area contributed by atoms with Crippen LogP contribution >= 0.6 is 0 Å². The van der Waals surface area contributed by atoms with Crippen LogP contribution in [0.3, 0.4) is 0 Å². The molecule has 2 rings (SSSR count). The molecular formula is C14H20N2O4S. The summed E-state index contributed by atoms with van der Waals surface area (Å²) in [7, 11) is -0.382. The van der Waals surface area contributed by atoms with Gasteiger partial charge in [0, 0.05) is 32.8 Å². The van der Waals surface area contributed by atoms with Gasteiger partial charge in [-0.1, -0.05) is 6.07 Å². The van der Waals surface area contributed by atoms with Gasteiger partial charge in [-0.3, -0.25) is 4.79 Å². The van der Waals surface area contributed by atoms with Crippen LogP contribution in [0.5, 0.6) is 0 Å². The van der Waals surface area contributed by atoms with Gasteiger partial charge in [0.25, 0.3) is 5.91 Å². The molecule has 116 valence electrons. The van der Waals surface area contributed by atoms with Crippen LogP contribution in [0, 0.1) is 0 Å². The quantitative estimate of drug-likeness (QED) is 0.874. The minimum atomic E-state index is -3.63. The van der Waals surface area contributed by atoms with Crippen LogP contribution in [0.25, 0.3) is 0 Å². The molecule has 0 aliphatic carbocycles. The Kier molecular flexibility index (Phi) is 4.97. The van der Waals surface area contributed by atoms with Crippen molar-refractivity contribution in [2.45, 2.75) is 23.8 Å². The zero-order valence-corrected chi connectivity index (χ0v) is 13.0. The van der Waals surface area contributed by atoms with Crippen LogP contribution in [0.15, 0.2) is 29.2 Å². The predicted molar refractivity (Wildman–Crippen MR) is 78.6 cm³/mol. The number of carbonyl (C=O) groups is 1. The Balaban J connectivity index is 2.12. The van der Waals surface area contributed by atoms with Gasteiger partial charge in [-0.25, -0.2) is 13.1 Å². The minimum Gasteiger partial charge on any atom is -0.377 e. The molecule has 0 radical (unpaired) electrons.